The van der Waals surface area contributed by atoms with Gasteiger partial charge < -0.3 is 20.1 Å². The molecule has 2 aromatic rings. The van der Waals surface area contributed by atoms with Crippen molar-refractivity contribution in [3.63, 3.8) is 0 Å². The Bertz CT molecular complexity index is 916. The Morgan fingerprint density at radius 2 is 1.86 bits per heavy atom. The summed E-state index contributed by atoms with van der Waals surface area (Å²) in [5.41, 5.74) is 0.523. The minimum Gasteiger partial charge on any atom is -0.497 e. The maximum absolute atomic E-state index is 13.1. The number of ether oxygens (including phenoxy) is 2. The molecule has 1 heterocycles. The summed E-state index contributed by atoms with van der Waals surface area (Å²) in [6.07, 6.45) is 0. The average molecular weight is 387 g/mol. The lowest BCUT2D eigenvalue weighted by molar-refractivity contribution is -0.130. The van der Waals surface area contributed by atoms with Gasteiger partial charge in [0.25, 0.3) is 0 Å². The zero-order valence-corrected chi connectivity index (χ0v) is 15.2. The summed E-state index contributed by atoms with van der Waals surface area (Å²) in [6.45, 7) is -0.153. The first kappa shape index (κ1) is 19.2. The monoisotopic (exact) mass is 387 g/mol. The molecule has 1 saturated heterocycles. The molecule has 2 N–H and O–H groups in total. The van der Waals surface area contributed by atoms with Crippen LogP contribution in [0.3, 0.4) is 0 Å². The predicted octanol–water partition coefficient (Wildman–Crippen LogP) is 2.15. The van der Waals surface area contributed by atoms with Crippen LogP contribution in [0, 0.1) is 11.7 Å². The van der Waals surface area contributed by atoms with E-state index in [0.717, 1.165) is 17.0 Å². The molecule has 0 spiro atoms. The highest BCUT2D eigenvalue weighted by Gasteiger charge is 2.39. The molecule has 1 aliphatic rings. The molecule has 0 saturated carbocycles. The number of anilines is 2. The van der Waals surface area contributed by atoms with Crippen molar-refractivity contribution >= 4 is 29.2 Å². The third kappa shape index (κ3) is 3.73. The largest absolute Gasteiger partial charge is 0.497 e. The van der Waals surface area contributed by atoms with Crippen LogP contribution in [0.25, 0.3) is 0 Å². The summed E-state index contributed by atoms with van der Waals surface area (Å²) in [6, 6.07) is 8.96. The normalized spacial score (nSPS) is 16.4. The quantitative estimate of drug-likeness (QED) is 0.767. The third-order valence-electron chi connectivity index (χ3n) is 4.25. The summed E-state index contributed by atoms with van der Waals surface area (Å²) in [5.74, 6) is -2.08. The van der Waals surface area contributed by atoms with E-state index in [1.165, 1.54) is 26.4 Å². The number of carbonyl (C=O) groups excluding carboxylic acids is 3. The Hall–Kier alpha value is -3.62. The summed E-state index contributed by atoms with van der Waals surface area (Å²) in [7, 11) is 2.94. The van der Waals surface area contributed by atoms with Crippen LogP contribution in [0.5, 0.6) is 11.5 Å². The minimum absolute atomic E-state index is 0.153. The van der Waals surface area contributed by atoms with Crippen molar-refractivity contribution < 1.29 is 28.2 Å². The van der Waals surface area contributed by atoms with E-state index in [9.17, 15) is 18.8 Å². The van der Waals surface area contributed by atoms with Crippen LogP contribution in [0.4, 0.5) is 20.6 Å². The lowest BCUT2D eigenvalue weighted by Gasteiger charge is -2.30. The van der Waals surface area contributed by atoms with Crippen molar-refractivity contribution in [3.05, 3.63) is 48.3 Å². The SMILES string of the molecule is COc1ccc(NC(=O)C2CNC(=O)N(c3ccc(F)cc3)C2=O)c(OC)c1. The Morgan fingerprint density at radius 1 is 1.14 bits per heavy atom. The van der Waals surface area contributed by atoms with E-state index in [0.29, 0.717) is 17.2 Å². The van der Waals surface area contributed by atoms with Gasteiger partial charge >= 0.3 is 6.03 Å². The lowest BCUT2D eigenvalue weighted by atomic mass is 10.0. The van der Waals surface area contributed by atoms with Gasteiger partial charge in [-0.2, -0.15) is 0 Å². The molecule has 0 bridgehead atoms. The van der Waals surface area contributed by atoms with Crippen LogP contribution in [-0.4, -0.2) is 38.6 Å². The Kier molecular flexibility index (Phi) is 5.44. The standard InChI is InChI=1S/C19H18FN3O5/c1-27-13-7-8-15(16(9-13)28-2)22-17(24)14-10-21-19(26)23(18(14)25)12-5-3-11(20)4-6-12/h3-9,14H,10H2,1-2H3,(H,21,26)(H,22,24). The number of nitrogens with one attached hydrogen (secondary N) is 2. The zero-order valence-electron chi connectivity index (χ0n) is 15.2. The minimum atomic E-state index is -1.16. The Balaban J connectivity index is 1.81. The molecule has 8 nitrogen and oxygen atoms in total. The van der Waals surface area contributed by atoms with Gasteiger partial charge in [0.15, 0.2) is 0 Å². The molecule has 28 heavy (non-hydrogen) atoms. The predicted molar refractivity (Wildman–Crippen MR) is 99.0 cm³/mol. The van der Waals surface area contributed by atoms with Crippen LogP contribution in [0.1, 0.15) is 0 Å². The number of hydrogen-bond donors (Lipinski definition) is 2. The Labute approximate surface area is 160 Å². The number of nitrogens with zero attached hydrogens (tertiary/aromatic N) is 1. The fourth-order valence-electron chi connectivity index (χ4n) is 2.77. The van der Waals surface area contributed by atoms with Gasteiger partial charge in [0.05, 0.1) is 25.6 Å². The van der Waals surface area contributed by atoms with Gasteiger partial charge in [-0.15, -0.1) is 0 Å². The first-order valence-electron chi connectivity index (χ1n) is 8.35. The van der Waals surface area contributed by atoms with E-state index in [-0.39, 0.29) is 12.2 Å². The first-order valence-corrected chi connectivity index (χ1v) is 8.35. The molecule has 0 radical (unpaired) electrons. The number of hydrogen-bond acceptors (Lipinski definition) is 5. The second-order valence-electron chi connectivity index (χ2n) is 5.94. The molecule has 0 aromatic heterocycles. The van der Waals surface area contributed by atoms with Gasteiger partial charge in [-0.25, -0.2) is 14.1 Å². The van der Waals surface area contributed by atoms with Crippen molar-refractivity contribution in [3.8, 4) is 11.5 Å². The molecule has 1 unspecified atom stereocenters. The second-order valence-corrected chi connectivity index (χ2v) is 5.94. The van der Waals surface area contributed by atoms with Gasteiger partial charge in [0, 0.05) is 12.6 Å². The zero-order chi connectivity index (χ0) is 20.3. The fourth-order valence-corrected chi connectivity index (χ4v) is 2.77. The molecule has 3 rings (SSSR count). The molecule has 1 fully saturated rings. The number of methoxy groups -OCH3 is 2. The van der Waals surface area contributed by atoms with Crippen molar-refractivity contribution in [1.29, 1.82) is 0 Å². The molecular weight excluding hydrogens is 369 g/mol. The van der Waals surface area contributed by atoms with Crippen LogP contribution in [-0.2, 0) is 9.59 Å². The number of halogens is 1. The summed E-state index contributed by atoms with van der Waals surface area (Å²) >= 11 is 0. The van der Waals surface area contributed by atoms with Gasteiger partial charge in [-0.1, -0.05) is 0 Å². The number of carbonyl (C=O) groups is 3. The third-order valence-corrected chi connectivity index (χ3v) is 4.25. The van der Waals surface area contributed by atoms with Gasteiger partial charge in [-0.3, -0.25) is 9.59 Å². The number of imide groups is 1. The second kappa shape index (κ2) is 7.95. The molecule has 1 aliphatic heterocycles. The smallest absolute Gasteiger partial charge is 0.328 e. The van der Waals surface area contributed by atoms with Gasteiger partial charge in [0.1, 0.15) is 23.2 Å². The van der Waals surface area contributed by atoms with Crippen molar-refractivity contribution in [2.24, 2.45) is 5.92 Å². The molecule has 146 valence electrons. The fraction of sp³-hybridized carbons (Fsp3) is 0.211. The maximum atomic E-state index is 13.1. The molecule has 0 aliphatic carbocycles. The van der Waals surface area contributed by atoms with Crippen LogP contribution in [0.15, 0.2) is 42.5 Å². The highest BCUT2D eigenvalue weighted by atomic mass is 19.1. The highest BCUT2D eigenvalue weighted by molar-refractivity contribution is 6.23. The molecule has 4 amide bonds. The van der Waals surface area contributed by atoms with Crippen molar-refractivity contribution in [2.45, 2.75) is 0 Å². The van der Waals surface area contributed by atoms with Crippen molar-refractivity contribution in [1.82, 2.24) is 5.32 Å². The summed E-state index contributed by atoms with van der Waals surface area (Å²) in [5, 5.41) is 5.13. The van der Waals surface area contributed by atoms with E-state index >= 15 is 0 Å². The van der Waals surface area contributed by atoms with E-state index in [2.05, 4.69) is 10.6 Å². The number of rotatable bonds is 5. The van der Waals surface area contributed by atoms with Crippen LogP contribution < -0.4 is 25.0 Å². The Morgan fingerprint density at radius 3 is 2.50 bits per heavy atom. The average Bonchev–Trinajstić information content (AvgIpc) is 2.69. The number of urea groups is 1. The highest BCUT2D eigenvalue weighted by Crippen LogP contribution is 2.30. The van der Waals surface area contributed by atoms with Crippen LogP contribution in [0.2, 0.25) is 0 Å². The number of amides is 4. The van der Waals surface area contributed by atoms with E-state index in [4.69, 9.17) is 9.47 Å². The molecule has 1 atom stereocenters. The van der Waals surface area contributed by atoms with Gasteiger partial charge in [0.2, 0.25) is 11.8 Å². The van der Waals surface area contributed by atoms with E-state index in [1.54, 1.807) is 18.2 Å². The van der Waals surface area contributed by atoms with Crippen LogP contribution >= 0.6 is 0 Å². The van der Waals surface area contributed by atoms with Crippen molar-refractivity contribution in [2.75, 3.05) is 31.0 Å². The number of benzene rings is 2. The molecular formula is C19H18FN3O5. The summed E-state index contributed by atoms with van der Waals surface area (Å²) < 4.78 is 23.5. The maximum Gasteiger partial charge on any atom is 0.328 e. The van der Waals surface area contributed by atoms with E-state index < -0.39 is 29.6 Å². The molecule has 2 aromatic carbocycles. The van der Waals surface area contributed by atoms with E-state index in [1.807, 2.05) is 0 Å². The first-order chi connectivity index (χ1) is 13.4. The topological polar surface area (TPSA) is 97.0 Å². The lowest BCUT2D eigenvalue weighted by Crippen LogP contribution is -2.58. The molecule has 9 heteroatoms. The van der Waals surface area contributed by atoms with Gasteiger partial charge in [-0.05, 0) is 36.4 Å². The summed E-state index contributed by atoms with van der Waals surface area (Å²) in [4.78, 5) is 38.4.